The van der Waals surface area contributed by atoms with E-state index in [0.29, 0.717) is 12.6 Å². The fraction of sp³-hybridized carbons (Fsp3) is 0.588. The van der Waals surface area contributed by atoms with Crippen molar-refractivity contribution < 1.29 is 13.9 Å². The fourth-order valence-electron chi connectivity index (χ4n) is 2.80. The van der Waals surface area contributed by atoms with Crippen molar-refractivity contribution in [3.05, 3.63) is 29.6 Å². The molecule has 1 aliphatic heterocycles. The highest BCUT2D eigenvalue weighted by Gasteiger charge is 2.21. The number of hydrogen-bond donors (Lipinski definition) is 1. The van der Waals surface area contributed by atoms with Gasteiger partial charge in [-0.05, 0) is 37.5 Å². The van der Waals surface area contributed by atoms with Gasteiger partial charge in [-0.25, -0.2) is 4.39 Å². The Hall–Kier alpha value is -1.09. The van der Waals surface area contributed by atoms with Gasteiger partial charge in [0.1, 0.15) is 0 Å². The van der Waals surface area contributed by atoms with E-state index >= 15 is 0 Å². The predicted octanol–water partition coefficient (Wildman–Crippen LogP) is 3.03. The van der Waals surface area contributed by atoms with Gasteiger partial charge in [0.15, 0.2) is 17.5 Å². The zero-order valence-electron chi connectivity index (χ0n) is 14.5. The second-order valence-corrected chi connectivity index (χ2v) is 5.51. The number of hydrogen-bond acceptors (Lipinski definition) is 3. The second-order valence-electron chi connectivity index (χ2n) is 5.51. The summed E-state index contributed by atoms with van der Waals surface area (Å²) in [7, 11) is 3.23. The van der Waals surface area contributed by atoms with Crippen molar-refractivity contribution in [2.75, 3.05) is 33.9 Å². The number of aliphatic imine (C=N–C) groups is 1. The number of guanidine groups is 1. The van der Waals surface area contributed by atoms with Crippen LogP contribution >= 0.6 is 24.0 Å². The Labute approximate surface area is 160 Å². The Kier molecular flexibility index (Phi) is 9.35. The molecule has 0 aromatic heterocycles. The minimum absolute atomic E-state index is 0. The zero-order valence-corrected chi connectivity index (χ0v) is 16.9. The number of likely N-dealkylation sites (tertiary alicyclic amines) is 1. The third-order valence-corrected chi connectivity index (χ3v) is 4.02. The van der Waals surface area contributed by atoms with E-state index in [9.17, 15) is 4.39 Å². The smallest absolute Gasteiger partial charge is 0.193 e. The van der Waals surface area contributed by atoms with Crippen LogP contribution in [0.4, 0.5) is 4.39 Å². The number of nitrogens with zero attached hydrogens (tertiary/aromatic N) is 2. The van der Waals surface area contributed by atoms with Crippen molar-refractivity contribution >= 4 is 29.9 Å². The zero-order chi connectivity index (χ0) is 16.7. The van der Waals surface area contributed by atoms with Crippen molar-refractivity contribution in [2.24, 2.45) is 4.99 Å². The molecule has 0 amide bonds. The molecule has 1 saturated heterocycles. The molecular formula is C17H27FIN3O2. The molecule has 1 fully saturated rings. The van der Waals surface area contributed by atoms with Crippen molar-refractivity contribution in [3.63, 3.8) is 0 Å². The first-order valence-corrected chi connectivity index (χ1v) is 8.07. The van der Waals surface area contributed by atoms with Gasteiger partial charge in [-0.15, -0.1) is 24.0 Å². The van der Waals surface area contributed by atoms with Gasteiger partial charge in [0.05, 0.1) is 13.2 Å². The summed E-state index contributed by atoms with van der Waals surface area (Å²) in [6, 6.07) is 4.98. The Balaban J connectivity index is 0.00000288. The first-order valence-electron chi connectivity index (χ1n) is 8.07. The summed E-state index contributed by atoms with van der Waals surface area (Å²) in [4.78, 5) is 6.54. The van der Waals surface area contributed by atoms with Crippen LogP contribution in [0.15, 0.2) is 23.2 Å². The van der Waals surface area contributed by atoms with E-state index in [4.69, 9.17) is 9.47 Å². The molecular weight excluding hydrogens is 424 g/mol. The summed E-state index contributed by atoms with van der Waals surface area (Å²) < 4.78 is 24.3. The van der Waals surface area contributed by atoms with Gasteiger partial charge in [-0.3, -0.25) is 4.99 Å². The van der Waals surface area contributed by atoms with Crippen LogP contribution in [0, 0.1) is 5.82 Å². The van der Waals surface area contributed by atoms with Crippen molar-refractivity contribution in [3.8, 4) is 5.75 Å². The number of piperidine rings is 1. The summed E-state index contributed by atoms with van der Waals surface area (Å²) in [5.74, 6) is 0.756. The molecule has 1 aromatic carbocycles. The summed E-state index contributed by atoms with van der Waals surface area (Å²) in [6.07, 6.45) is 2.36. The molecule has 0 atom stereocenters. The Morgan fingerprint density at radius 3 is 2.62 bits per heavy atom. The lowest BCUT2D eigenvalue weighted by atomic mass is 10.1. The van der Waals surface area contributed by atoms with Gasteiger partial charge in [0.2, 0.25) is 0 Å². The molecule has 7 heteroatoms. The molecule has 0 radical (unpaired) electrons. The number of rotatable bonds is 5. The van der Waals surface area contributed by atoms with Crippen LogP contribution in [0.3, 0.4) is 0 Å². The minimum Gasteiger partial charge on any atom is -0.494 e. The highest BCUT2D eigenvalue weighted by atomic mass is 127. The molecule has 0 saturated carbocycles. The Morgan fingerprint density at radius 1 is 1.38 bits per heavy atom. The predicted molar refractivity (Wildman–Crippen MR) is 105 cm³/mol. The van der Waals surface area contributed by atoms with E-state index in [2.05, 4.69) is 15.2 Å². The molecule has 1 N–H and O–H groups in total. The number of benzene rings is 1. The minimum atomic E-state index is -0.348. The fourth-order valence-corrected chi connectivity index (χ4v) is 2.80. The van der Waals surface area contributed by atoms with Crippen LogP contribution in [0.2, 0.25) is 0 Å². The van der Waals surface area contributed by atoms with E-state index in [-0.39, 0.29) is 35.5 Å². The van der Waals surface area contributed by atoms with Crippen LogP contribution < -0.4 is 10.1 Å². The van der Waals surface area contributed by atoms with Gasteiger partial charge in [-0.1, -0.05) is 6.07 Å². The van der Waals surface area contributed by atoms with Gasteiger partial charge in [0.25, 0.3) is 0 Å². The summed E-state index contributed by atoms with van der Waals surface area (Å²) >= 11 is 0. The average Bonchev–Trinajstić information content (AvgIpc) is 2.57. The monoisotopic (exact) mass is 451 g/mol. The van der Waals surface area contributed by atoms with Crippen molar-refractivity contribution in [1.82, 2.24) is 10.2 Å². The van der Waals surface area contributed by atoms with Crippen molar-refractivity contribution in [2.45, 2.75) is 32.4 Å². The molecule has 0 bridgehead atoms. The van der Waals surface area contributed by atoms with E-state index in [1.165, 1.54) is 13.2 Å². The lowest BCUT2D eigenvalue weighted by Crippen LogP contribution is -2.46. The van der Waals surface area contributed by atoms with E-state index < -0.39 is 0 Å². The van der Waals surface area contributed by atoms with Gasteiger partial charge >= 0.3 is 0 Å². The summed E-state index contributed by atoms with van der Waals surface area (Å²) in [6.45, 7) is 5.16. The quantitative estimate of drug-likeness (QED) is 0.425. The van der Waals surface area contributed by atoms with Gasteiger partial charge in [0, 0.05) is 33.3 Å². The van der Waals surface area contributed by atoms with Crippen molar-refractivity contribution in [1.29, 1.82) is 0 Å². The first kappa shape index (κ1) is 21.0. The van der Waals surface area contributed by atoms with Gasteiger partial charge in [-0.2, -0.15) is 0 Å². The maximum Gasteiger partial charge on any atom is 0.193 e. The van der Waals surface area contributed by atoms with E-state index in [0.717, 1.165) is 44.1 Å². The standard InChI is InChI=1S/C17H26FN3O2.HI/c1-4-23-14-7-9-21(10-8-14)17(19-2)20-12-13-5-6-16(22-3)15(18)11-13;/h5-6,11,14H,4,7-10,12H2,1-3H3,(H,19,20);1H. The van der Waals surface area contributed by atoms with E-state index in [1.54, 1.807) is 13.1 Å². The highest BCUT2D eigenvalue weighted by Crippen LogP contribution is 2.18. The maximum atomic E-state index is 13.7. The van der Waals surface area contributed by atoms with Crippen LogP contribution in [0.5, 0.6) is 5.75 Å². The molecule has 0 spiro atoms. The second kappa shape index (κ2) is 10.7. The van der Waals surface area contributed by atoms with E-state index in [1.807, 2.05) is 13.0 Å². The molecule has 0 aliphatic carbocycles. The highest BCUT2D eigenvalue weighted by molar-refractivity contribution is 14.0. The van der Waals surface area contributed by atoms with Crippen LogP contribution in [-0.4, -0.2) is 50.8 Å². The third-order valence-electron chi connectivity index (χ3n) is 4.02. The SMILES string of the molecule is CCOC1CCN(C(=NC)NCc2ccc(OC)c(F)c2)CC1.I. The number of nitrogens with one attached hydrogen (secondary N) is 1. The molecule has 0 unspecified atom stereocenters. The topological polar surface area (TPSA) is 46.1 Å². The summed E-state index contributed by atoms with van der Waals surface area (Å²) in [5, 5.41) is 3.29. The lowest BCUT2D eigenvalue weighted by Gasteiger charge is -2.34. The largest absolute Gasteiger partial charge is 0.494 e. The molecule has 24 heavy (non-hydrogen) atoms. The Morgan fingerprint density at radius 2 is 2.08 bits per heavy atom. The van der Waals surface area contributed by atoms with Gasteiger partial charge < -0.3 is 19.7 Å². The molecule has 1 heterocycles. The lowest BCUT2D eigenvalue weighted by molar-refractivity contribution is 0.0263. The summed E-state index contributed by atoms with van der Waals surface area (Å²) in [5.41, 5.74) is 0.855. The first-order chi connectivity index (χ1) is 11.2. The molecule has 2 rings (SSSR count). The average molecular weight is 451 g/mol. The molecule has 136 valence electrons. The number of methoxy groups -OCH3 is 1. The van der Waals surface area contributed by atoms with Crippen LogP contribution in [0.25, 0.3) is 0 Å². The van der Waals surface area contributed by atoms with Crippen LogP contribution in [0.1, 0.15) is 25.3 Å². The van der Waals surface area contributed by atoms with Crippen LogP contribution in [-0.2, 0) is 11.3 Å². The third kappa shape index (κ3) is 5.77. The number of halogens is 2. The number of ether oxygens (including phenoxy) is 2. The Bertz CT molecular complexity index is 535. The molecule has 1 aliphatic rings. The molecule has 5 nitrogen and oxygen atoms in total. The maximum absolute atomic E-state index is 13.7. The molecule has 1 aromatic rings. The normalized spacial score (nSPS) is 15.8.